The van der Waals surface area contributed by atoms with Crippen molar-refractivity contribution >= 4 is 34.2 Å². The number of rotatable bonds is 15. The van der Waals surface area contributed by atoms with Crippen LogP contribution in [0.15, 0.2) is 48.5 Å². The van der Waals surface area contributed by atoms with Crippen molar-refractivity contribution in [2.45, 2.75) is 91.1 Å². The quantitative estimate of drug-likeness (QED) is 0.154. The Bertz CT molecular complexity index is 834. The SMILES string of the molecule is CCc1ccc(C(=S)C(C)(C)NCCCCCCNC(C)(C)C(=S)c2ccc(CC)cc2)cc1. The first-order chi connectivity index (χ1) is 16.1. The van der Waals surface area contributed by atoms with Gasteiger partial charge in [-0.1, -0.05) is 99.7 Å². The van der Waals surface area contributed by atoms with Crippen LogP contribution in [0.1, 0.15) is 89.5 Å². The summed E-state index contributed by atoms with van der Waals surface area (Å²) in [6, 6.07) is 17.4. The molecule has 2 nitrogen and oxygen atoms in total. The van der Waals surface area contributed by atoms with Gasteiger partial charge in [0.05, 0.1) is 0 Å². The molecular weight excluding hydrogens is 452 g/mol. The average molecular weight is 497 g/mol. The second-order valence-corrected chi connectivity index (χ2v) is 11.1. The van der Waals surface area contributed by atoms with Crippen LogP contribution >= 0.6 is 24.4 Å². The van der Waals surface area contributed by atoms with Gasteiger partial charge < -0.3 is 10.6 Å². The lowest BCUT2D eigenvalue weighted by atomic mass is 9.93. The molecule has 0 aliphatic heterocycles. The Labute approximate surface area is 219 Å². The van der Waals surface area contributed by atoms with Crippen LogP contribution in [0, 0.1) is 0 Å². The molecule has 2 N–H and O–H groups in total. The number of benzene rings is 2. The zero-order chi connectivity index (χ0) is 25.2. The molecule has 0 amide bonds. The third-order valence-electron chi connectivity index (χ3n) is 6.62. The van der Waals surface area contributed by atoms with Crippen molar-refractivity contribution in [2.24, 2.45) is 0 Å². The number of nitrogens with one attached hydrogen (secondary N) is 2. The minimum absolute atomic E-state index is 0.181. The first-order valence-electron chi connectivity index (χ1n) is 12.9. The largest absolute Gasteiger partial charge is 0.307 e. The maximum Gasteiger partial charge on any atom is 0.0486 e. The van der Waals surface area contributed by atoms with Crippen LogP contribution in [-0.2, 0) is 12.8 Å². The minimum Gasteiger partial charge on any atom is -0.307 e. The fourth-order valence-corrected chi connectivity index (χ4v) is 4.49. The highest BCUT2D eigenvalue weighted by Gasteiger charge is 2.24. The normalized spacial score (nSPS) is 12.1. The highest BCUT2D eigenvalue weighted by Crippen LogP contribution is 2.17. The summed E-state index contributed by atoms with van der Waals surface area (Å²) in [5.74, 6) is 0. The predicted molar refractivity (Wildman–Crippen MR) is 158 cm³/mol. The number of hydrogen-bond donors (Lipinski definition) is 2. The summed E-state index contributed by atoms with van der Waals surface area (Å²) in [7, 11) is 0. The lowest BCUT2D eigenvalue weighted by molar-refractivity contribution is 0.468. The van der Waals surface area contributed by atoms with Crippen molar-refractivity contribution in [1.82, 2.24) is 10.6 Å². The van der Waals surface area contributed by atoms with E-state index in [1.54, 1.807) is 0 Å². The van der Waals surface area contributed by atoms with Gasteiger partial charge in [-0.15, -0.1) is 0 Å². The monoisotopic (exact) mass is 496 g/mol. The lowest BCUT2D eigenvalue weighted by Crippen LogP contribution is -2.46. The summed E-state index contributed by atoms with van der Waals surface area (Å²) >= 11 is 11.6. The maximum atomic E-state index is 5.79. The van der Waals surface area contributed by atoms with Crippen LogP contribution in [-0.4, -0.2) is 33.9 Å². The van der Waals surface area contributed by atoms with Gasteiger partial charge in [0.2, 0.25) is 0 Å². The summed E-state index contributed by atoms with van der Waals surface area (Å²) in [6.45, 7) is 15.1. The third kappa shape index (κ3) is 8.64. The van der Waals surface area contributed by atoms with Crippen molar-refractivity contribution in [3.05, 3.63) is 70.8 Å². The molecule has 2 aromatic rings. The molecule has 0 aromatic heterocycles. The number of thiocarbonyl (C=S) groups is 2. The van der Waals surface area contributed by atoms with E-state index in [4.69, 9.17) is 24.4 Å². The van der Waals surface area contributed by atoms with Crippen LogP contribution in [0.2, 0.25) is 0 Å². The topological polar surface area (TPSA) is 24.1 Å². The van der Waals surface area contributed by atoms with E-state index in [0.717, 1.165) is 59.6 Å². The molecule has 0 spiro atoms. The predicted octanol–water partition coefficient (Wildman–Crippen LogP) is 7.24. The number of aryl methyl sites for hydroxylation is 2. The highest BCUT2D eigenvalue weighted by atomic mass is 32.1. The van der Waals surface area contributed by atoms with Gasteiger partial charge in [-0.3, -0.25) is 0 Å². The van der Waals surface area contributed by atoms with Gasteiger partial charge in [-0.2, -0.15) is 0 Å². The molecule has 0 fully saturated rings. The molecule has 0 bridgehead atoms. The summed E-state index contributed by atoms with van der Waals surface area (Å²) in [6.07, 6.45) is 6.86. The van der Waals surface area contributed by atoms with Crippen molar-refractivity contribution in [1.29, 1.82) is 0 Å². The molecule has 0 saturated carbocycles. The van der Waals surface area contributed by atoms with Crippen molar-refractivity contribution in [3.8, 4) is 0 Å². The van der Waals surface area contributed by atoms with E-state index >= 15 is 0 Å². The lowest BCUT2D eigenvalue weighted by Gasteiger charge is -2.28. The van der Waals surface area contributed by atoms with Crippen LogP contribution in [0.3, 0.4) is 0 Å². The molecule has 2 rings (SSSR count). The van der Waals surface area contributed by atoms with E-state index in [9.17, 15) is 0 Å². The Kier molecular flexibility index (Phi) is 11.5. The van der Waals surface area contributed by atoms with E-state index in [0.29, 0.717) is 0 Å². The number of hydrogen-bond acceptors (Lipinski definition) is 4. The van der Waals surface area contributed by atoms with Gasteiger partial charge in [0.15, 0.2) is 0 Å². The standard InChI is InChI=1S/C30H44N2S2/c1-7-23-13-17-25(18-14-23)27(33)29(3,4)31-21-11-9-10-12-22-32-30(5,6)28(34)26-19-15-24(8-2)16-20-26/h13-20,31-32H,7-12,21-22H2,1-6H3. The summed E-state index contributed by atoms with van der Waals surface area (Å²) < 4.78 is 0. The van der Waals surface area contributed by atoms with E-state index in [1.165, 1.54) is 24.0 Å². The molecule has 186 valence electrons. The molecule has 0 aliphatic rings. The Morgan fingerprint density at radius 2 is 0.912 bits per heavy atom. The molecule has 0 radical (unpaired) electrons. The van der Waals surface area contributed by atoms with Gasteiger partial charge in [-0.05, 0) is 88.7 Å². The third-order valence-corrected chi connectivity index (χ3v) is 8.11. The Balaban J connectivity index is 1.65. The van der Waals surface area contributed by atoms with E-state index in [-0.39, 0.29) is 11.1 Å². The fraction of sp³-hybridized carbons (Fsp3) is 0.533. The fourth-order valence-electron chi connectivity index (χ4n) is 4.07. The van der Waals surface area contributed by atoms with Crippen LogP contribution < -0.4 is 10.6 Å². The van der Waals surface area contributed by atoms with Crippen LogP contribution in [0.25, 0.3) is 0 Å². The van der Waals surface area contributed by atoms with Crippen molar-refractivity contribution in [2.75, 3.05) is 13.1 Å². The molecule has 4 heteroatoms. The summed E-state index contributed by atoms with van der Waals surface area (Å²) in [4.78, 5) is 1.98. The number of unbranched alkanes of at least 4 members (excludes halogenated alkanes) is 3. The Hall–Kier alpha value is -1.46. The summed E-state index contributed by atoms with van der Waals surface area (Å²) in [5, 5.41) is 7.34. The van der Waals surface area contributed by atoms with E-state index in [2.05, 4.69) is 101 Å². The maximum absolute atomic E-state index is 5.79. The highest BCUT2D eigenvalue weighted by molar-refractivity contribution is 7.81. The van der Waals surface area contributed by atoms with Gasteiger partial charge in [0.25, 0.3) is 0 Å². The molecule has 34 heavy (non-hydrogen) atoms. The van der Waals surface area contributed by atoms with Gasteiger partial charge in [-0.25, -0.2) is 0 Å². The first-order valence-corrected chi connectivity index (χ1v) is 13.7. The van der Waals surface area contributed by atoms with Crippen LogP contribution in [0.5, 0.6) is 0 Å². The van der Waals surface area contributed by atoms with E-state index in [1.807, 2.05) is 0 Å². The van der Waals surface area contributed by atoms with Gasteiger partial charge in [0.1, 0.15) is 0 Å². The molecule has 0 aliphatic carbocycles. The van der Waals surface area contributed by atoms with E-state index < -0.39 is 0 Å². The average Bonchev–Trinajstić information content (AvgIpc) is 2.84. The first kappa shape index (κ1) is 28.8. The van der Waals surface area contributed by atoms with Crippen molar-refractivity contribution in [3.63, 3.8) is 0 Å². The zero-order valence-corrected chi connectivity index (χ0v) is 23.7. The molecule has 2 aromatic carbocycles. The molecule has 0 unspecified atom stereocenters. The molecule has 0 heterocycles. The smallest absolute Gasteiger partial charge is 0.0486 e. The minimum atomic E-state index is -0.181. The Morgan fingerprint density at radius 3 is 1.21 bits per heavy atom. The second-order valence-electron chi connectivity index (χ2n) is 10.3. The zero-order valence-electron chi connectivity index (χ0n) is 22.1. The molecule has 0 atom stereocenters. The van der Waals surface area contributed by atoms with Crippen molar-refractivity contribution < 1.29 is 0 Å². The second kappa shape index (κ2) is 13.6. The Morgan fingerprint density at radius 1 is 0.588 bits per heavy atom. The van der Waals surface area contributed by atoms with Gasteiger partial charge >= 0.3 is 0 Å². The molecular formula is C30H44N2S2. The summed E-state index contributed by atoms with van der Waals surface area (Å²) in [5.41, 5.74) is 4.64. The van der Waals surface area contributed by atoms with Crippen LogP contribution in [0.4, 0.5) is 0 Å². The van der Waals surface area contributed by atoms with Gasteiger partial charge in [0, 0.05) is 20.8 Å². The molecule has 0 saturated heterocycles.